The molecule has 0 aromatic heterocycles. The lowest BCUT2D eigenvalue weighted by atomic mass is 10.3. The van der Waals surface area contributed by atoms with Crippen molar-refractivity contribution in [3.63, 3.8) is 0 Å². The maximum atomic E-state index is 13.7. The van der Waals surface area contributed by atoms with E-state index in [1.807, 2.05) is 4.90 Å². The molecule has 0 aromatic carbocycles. The lowest BCUT2D eigenvalue weighted by molar-refractivity contribution is -0.812. The van der Waals surface area contributed by atoms with Crippen LogP contribution >= 0.6 is 0 Å². The molecule has 0 unspecified atom stereocenters. The van der Waals surface area contributed by atoms with Gasteiger partial charge in [0.15, 0.2) is 0 Å². The first-order chi connectivity index (χ1) is 28.2. The molecular formula is C36H65N10O14+. The first kappa shape index (κ1) is 51.7. The third kappa shape index (κ3) is 22.8. The van der Waals surface area contributed by atoms with Gasteiger partial charge in [-0.05, 0) is 0 Å². The van der Waals surface area contributed by atoms with E-state index in [4.69, 9.17) is 0 Å². The number of nitrogens with one attached hydrogen (secondary N) is 1. The topological polar surface area (TPSA) is 296 Å². The minimum Gasteiger partial charge on any atom is -0.480 e. The highest BCUT2D eigenvalue weighted by Crippen LogP contribution is 2.06. The zero-order valence-corrected chi connectivity index (χ0v) is 34.9. The van der Waals surface area contributed by atoms with Gasteiger partial charge < -0.3 is 36.0 Å². The number of quaternary nitrogens is 1. The second-order valence-corrected chi connectivity index (χ2v) is 15.7. The molecule has 0 atom stereocenters. The van der Waals surface area contributed by atoms with Gasteiger partial charge in [-0.3, -0.25) is 77.2 Å². The Balaban J connectivity index is 2.09. The monoisotopic (exact) mass is 861 g/mol. The number of carboxylic acid groups (broad SMARTS) is 6. The van der Waals surface area contributed by atoms with Crippen molar-refractivity contribution in [1.82, 2.24) is 44.5 Å². The minimum atomic E-state index is -1.06. The highest BCUT2D eigenvalue weighted by Gasteiger charge is 2.30. The van der Waals surface area contributed by atoms with E-state index in [1.54, 1.807) is 48.4 Å². The fraction of sp³-hybridized carbons (Fsp3) is 0.778. The predicted octanol–water partition coefficient (Wildman–Crippen LogP) is -5.34. The Morgan fingerprint density at radius 1 is 0.367 bits per heavy atom. The van der Waals surface area contributed by atoms with E-state index in [0.29, 0.717) is 0 Å². The summed E-state index contributed by atoms with van der Waals surface area (Å²) in [4.78, 5) is 110. The van der Waals surface area contributed by atoms with E-state index in [9.17, 15) is 69.0 Å². The third-order valence-corrected chi connectivity index (χ3v) is 10.4. The van der Waals surface area contributed by atoms with Gasteiger partial charge in [-0.15, -0.1) is 0 Å². The molecule has 2 saturated heterocycles. The summed E-state index contributed by atoms with van der Waals surface area (Å²) >= 11 is 0. The van der Waals surface area contributed by atoms with Crippen LogP contribution in [0, 0.1) is 0 Å². The van der Waals surface area contributed by atoms with Gasteiger partial charge in [-0.2, -0.15) is 0 Å². The second kappa shape index (κ2) is 26.7. The van der Waals surface area contributed by atoms with Crippen LogP contribution in [0.5, 0.6) is 0 Å². The van der Waals surface area contributed by atoms with Gasteiger partial charge in [0.05, 0.1) is 66.5 Å². The van der Waals surface area contributed by atoms with Gasteiger partial charge in [0.25, 0.3) is 0 Å². The first-order valence-electron chi connectivity index (χ1n) is 19.9. The normalized spacial score (nSPS) is 19.5. The smallest absolute Gasteiger partial charge is 0.327 e. The van der Waals surface area contributed by atoms with Crippen LogP contribution in [-0.2, 0) is 38.4 Å². The van der Waals surface area contributed by atoms with Crippen LogP contribution in [0.4, 0.5) is 0 Å². The third-order valence-electron chi connectivity index (χ3n) is 10.4. The van der Waals surface area contributed by atoms with Crippen molar-refractivity contribution < 1.29 is 73.5 Å². The van der Waals surface area contributed by atoms with Crippen molar-refractivity contribution in [1.29, 1.82) is 0 Å². The number of rotatable bonds is 19. The molecule has 2 aliphatic rings. The highest BCUT2D eigenvalue weighted by molar-refractivity contribution is 5.78. The summed E-state index contributed by atoms with van der Waals surface area (Å²) in [5.41, 5.74) is 0. The number of likely N-dealkylation sites (N-methyl/N-ethyl adjacent to an activating group) is 1. The number of aliphatic carboxylic acids is 6. The molecule has 2 amide bonds. The Kier molecular flexibility index (Phi) is 23.1. The van der Waals surface area contributed by atoms with Crippen molar-refractivity contribution in [3.05, 3.63) is 0 Å². The molecule has 0 aliphatic carbocycles. The standard InChI is InChI=1S/C36H64N10O14/c1-46(2,30(48)22-39-6-10-42(25-33(53)54)14-18-45(28-36(59)60)19-15-43(11-7-39)26-34(55)56)20-3-37-29(47)21-38-4-8-40(23-31(49)50)12-16-44(27-35(57)58)17-13-41(9-5-38)24-32(51)52/h3-28H2,1-2H3,(H6-,37,47,49,50,51,52,53,54,55,56,57,58,59,60)/p+1. The summed E-state index contributed by atoms with van der Waals surface area (Å²) in [6.45, 7) is 2.50. The SMILES string of the molecule is C[N+](C)(CCNC(=O)CN1CCN(CC(=O)O)CCN(CC(=O)O)CCN(CC(=O)O)CC1)C(=O)CN1CCN(CC(=O)O)CCN(CC(=O)O)CCN(CC(=O)O)CC1. The maximum absolute atomic E-state index is 13.7. The molecule has 0 aromatic rings. The Labute approximate surface area is 349 Å². The molecule has 2 fully saturated rings. The highest BCUT2D eigenvalue weighted by atomic mass is 16.4. The van der Waals surface area contributed by atoms with Crippen molar-refractivity contribution in [2.24, 2.45) is 0 Å². The van der Waals surface area contributed by atoms with Crippen LogP contribution < -0.4 is 5.32 Å². The summed E-state index contributed by atoms with van der Waals surface area (Å²) in [5, 5.41) is 59.6. The van der Waals surface area contributed by atoms with Crippen LogP contribution in [-0.4, -0.2) is 306 Å². The van der Waals surface area contributed by atoms with Crippen LogP contribution in [0.3, 0.4) is 0 Å². The second-order valence-electron chi connectivity index (χ2n) is 15.7. The molecule has 2 heterocycles. The number of carbonyl (C=O) groups is 8. The van der Waals surface area contributed by atoms with Gasteiger partial charge in [0, 0.05) is 105 Å². The van der Waals surface area contributed by atoms with Gasteiger partial charge in [-0.25, -0.2) is 4.79 Å². The summed E-state index contributed by atoms with van der Waals surface area (Å²) in [5.74, 6) is -6.93. The lowest BCUT2D eigenvalue weighted by Gasteiger charge is -2.34. The molecular weight excluding hydrogens is 796 g/mol. The molecule has 0 radical (unpaired) electrons. The molecule has 0 saturated carbocycles. The van der Waals surface area contributed by atoms with Crippen molar-refractivity contribution >= 4 is 47.6 Å². The van der Waals surface area contributed by atoms with Crippen molar-refractivity contribution in [3.8, 4) is 0 Å². The molecule has 342 valence electrons. The number of carbonyl (C=O) groups excluding carboxylic acids is 2. The van der Waals surface area contributed by atoms with Gasteiger partial charge in [0.1, 0.15) is 13.1 Å². The quantitative estimate of drug-likeness (QED) is 0.0597. The van der Waals surface area contributed by atoms with Crippen LogP contribution in [0.25, 0.3) is 0 Å². The van der Waals surface area contributed by atoms with Gasteiger partial charge in [0.2, 0.25) is 5.91 Å². The average molecular weight is 862 g/mol. The average Bonchev–Trinajstić information content (AvgIpc) is 3.12. The lowest BCUT2D eigenvalue weighted by Crippen LogP contribution is -2.55. The Morgan fingerprint density at radius 3 is 0.783 bits per heavy atom. The molecule has 24 heteroatoms. The number of hydrogen-bond donors (Lipinski definition) is 7. The number of nitrogens with zero attached hydrogens (tertiary/aromatic N) is 9. The summed E-state index contributed by atoms with van der Waals surface area (Å²) in [6.07, 6.45) is 0. The Morgan fingerprint density at radius 2 is 0.567 bits per heavy atom. The number of amides is 2. The van der Waals surface area contributed by atoms with E-state index >= 15 is 0 Å². The number of carboxylic acids is 6. The number of hydrogen-bond acceptors (Lipinski definition) is 16. The summed E-state index contributed by atoms with van der Waals surface area (Å²) < 4.78 is -0.129. The molecule has 0 bridgehead atoms. The Hall–Kier alpha value is -4.40. The molecule has 2 rings (SSSR count). The first-order valence-corrected chi connectivity index (χ1v) is 19.9. The van der Waals surface area contributed by atoms with E-state index in [1.165, 1.54) is 0 Å². The van der Waals surface area contributed by atoms with E-state index in [-0.39, 0.29) is 186 Å². The fourth-order valence-electron chi connectivity index (χ4n) is 6.81. The van der Waals surface area contributed by atoms with E-state index < -0.39 is 35.8 Å². The summed E-state index contributed by atoms with van der Waals surface area (Å²) in [7, 11) is 3.38. The predicted molar refractivity (Wildman–Crippen MR) is 212 cm³/mol. The van der Waals surface area contributed by atoms with Gasteiger partial charge in [-0.1, -0.05) is 0 Å². The molecule has 60 heavy (non-hydrogen) atoms. The largest absolute Gasteiger partial charge is 0.480 e. The molecule has 24 nitrogen and oxygen atoms in total. The summed E-state index contributed by atoms with van der Waals surface area (Å²) in [6, 6.07) is 0. The zero-order chi connectivity index (χ0) is 44.8. The minimum absolute atomic E-state index is 0.0462. The molecule has 7 N–H and O–H groups in total. The van der Waals surface area contributed by atoms with E-state index in [0.717, 1.165) is 0 Å². The van der Waals surface area contributed by atoms with Gasteiger partial charge >= 0.3 is 41.7 Å². The molecule has 0 spiro atoms. The van der Waals surface area contributed by atoms with Crippen LogP contribution in [0.1, 0.15) is 0 Å². The van der Waals surface area contributed by atoms with E-state index in [2.05, 4.69) is 5.32 Å². The van der Waals surface area contributed by atoms with Crippen LogP contribution in [0.2, 0.25) is 0 Å². The van der Waals surface area contributed by atoms with Crippen molar-refractivity contribution in [2.75, 3.05) is 184 Å². The van der Waals surface area contributed by atoms with Crippen LogP contribution in [0.15, 0.2) is 0 Å². The fourth-order valence-corrected chi connectivity index (χ4v) is 6.81. The van der Waals surface area contributed by atoms with Crippen molar-refractivity contribution in [2.45, 2.75) is 0 Å². The zero-order valence-electron chi connectivity index (χ0n) is 34.9. The maximum Gasteiger partial charge on any atom is 0.327 e. The molecule has 2 aliphatic heterocycles. The Bertz CT molecular complexity index is 1390.